The highest BCUT2D eigenvalue weighted by atomic mass is 35.5. The Morgan fingerprint density at radius 1 is 1.26 bits per heavy atom. The monoisotopic (exact) mass is 337 g/mol. The summed E-state index contributed by atoms with van der Waals surface area (Å²) in [5, 5.41) is 15.5. The van der Waals surface area contributed by atoms with Crippen molar-refractivity contribution in [1.29, 1.82) is 0 Å². The third kappa shape index (κ3) is 5.22. The van der Waals surface area contributed by atoms with Gasteiger partial charge in [0.2, 0.25) is 0 Å². The second-order valence-corrected chi connectivity index (χ2v) is 7.13. The predicted octanol–water partition coefficient (Wildman–Crippen LogP) is 3.74. The average molecular weight is 338 g/mol. The molecule has 1 heterocycles. The van der Waals surface area contributed by atoms with Crippen molar-refractivity contribution in [3.63, 3.8) is 0 Å². The molecule has 23 heavy (non-hydrogen) atoms. The molecular weight excluding hydrogens is 314 g/mol. The van der Waals surface area contributed by atoms with Crippen LogP contribution in [-0.4, -0.2) is 32.6 Å². The number of aliphatic hydroxyl groups is 1. The fourth-order valence-corrected chi connectivity index (χ4v) is 2.54. The van der Waals surface area contributed by atoms with Crippen LogP contribution < -0.4 is 4.74 Å². The normalized spacial score (nSPS) is 14.5. The molecule has 0 fully saturated rings. The Kier molecular flexibility index (Phi) is 6.02. The van der Waals surface area contributed by atoms with E-state index in [4.69, 9.17) is 16.3 Å². The van der Waals surface area contributed by atoms with Gasteiger partial charge in [-0.1, -0.05) is 32.4 Å². The molecule has 2 rings (SSSR count). The zero-order chi connectivity index (χ0) is 16.9. The Morgan fingerprint density at radius 3 is 2.52 bits per heavy atom. The van der Waals surface area contributed by atoms with Crippen LogP contribution in [0.5, 0.6) is 5.75 Å². The van der Waals surface area contributed by atoms with Gasteiger partial charge in [-0.2, -0.15) is 5.10 Å². The van der Waals surface area contributed by atoms with Crippen molar-refractivity contribution in [1.82, 2.24) is 14.8 Å². The first-order valence-corrected chi connectivity index (χ1v) is 8.16. The topological polar surface area (TPSA) is 60.2 Å². The smallest absolute Gasteiger partial charge is 0.137 e. The zero-order valence-electron chi connectivity index (χ0n) is 13.8. The van der Waals surface area contributed by atoms with Crippen LogP contribution in [0.1, 0.15) is 39.7 Å². The molecule has 5 nitrogen and oxygen atoms in total. The number of nitrogens with zero attached hydrogens (tertiary/aromatic N) is 3. The lowest BCUT2D eigenvalue weighted by atomic mass is 9.83. The second-order valence-electron chi connectivity index (χ2n) is 6.70. The third-order valence-corrected chi connectivity index (χ3v) is 4.01. The summed E-state index contributed by atoms with van der Waals surface area (Å²) in [5.41, 5.74) is -0.229. The molecule has 0 saturated carbocycles. The van der Waals surface area contributed by atoms with Crippen molar-refractivity contribution >= 4 is 11.6 Å². The number of ether oxygens (including phenoxy) is 1. The Hall–Kier alpha value is -1.59. The molecule has 1 aromatic heterocycles. The maximum Gasteiger partial charge on any atom is 0.137 e. The van der Waals surface area contributed by atoms with E-state index in [0.717, 1.165) is 18.6 Å². The van der Waals surface area contributed by atoms with Crippen molar-refractivity contribution in [2.45, 2.75) is 45.8 Å². The van der Waals surface area contributed by atoms with E-state index in [0.29, 0.717) is 11.6 Å². The highest BCUT2D eigenvalue weighted by molar-refractivity contribution is 6.30. The highest BCUT2D eigenvalue weighted by Crippen LogP contribution is 2.30. The SMILES string of the molecule is CC(C)(C)C(O)C(CCCOc1ccc(Cl)cc1)n1cncn1. The molecule has 1 N–H and O–H groups in total. The van der Waals surface area contributed by atoms with Gasteiger partial charge >= 0.3 is 0 Å². The first-order valence-electron chi connectivity index (χ1n) is 7.78. The highest BCUT2D eigenvalue weighted by Gasteiger charge is 2.31. The number of rotatable bonds is 7. The number of benzene rings is 1. The van der Waals surface area contributed by atoms with Gasteiger partial charge in [0, 0.05) is 5.02 Å². The molecule has 0 bridgehead atoms. The molecule has 2 unspecified atom stereocenters. The van der Waals surface area contributed by atoms with E-state index in [2.05, 4.69) is 10.1 Å². The van der Waals surface area contributed by atoms with Crippen LogP contribution in [-0.2, 0) is 0 Å². The van der Waals surface area contributed by atoms with E-state index in [9.17, 15) is 5.11 Å². The van der Waals surface area contributed by atoms with Crippen molar-refractivity contribution in [3.05, 3.63) is 41.9 Å². The molecular formula is C17H24ClN3O2. The first kappa shape index (κ1) is 17.8. The van der Waals surface area contributed by atoms with Crippen LogP contribution in [0.25, 0.3) is 0 Å². The summed E-state index contributed by atoms with van der Waals surface area (Å²) < 4.78 is 7.44. The van der Waals surface area contributed by atoms with Crippen LogP contribution in [0.2, 0.25) is 5.02 Å². The summed E-state index contributed by atoms with van der Waals surface area (Å²) in [5.74, 6) is 0.795. The Balaban J connectivity index is 1.90. The van der Waals surface area contributed by atoms with Crippen LogP contribution in [0.3, 0.4) is 0 Å². The lowest BCUT2D eigenvalue weighted by molar-refractivity contribution is 0.00759. The van der Waals surface area contributed by atoms with E-state index in [1.54, 1.807) is 23.1 Å². The Bertz CT molecular complexity index is 579. The standard InChI is InChI=1S/C17H24ClN3O2/c1-17(2,3)16(22)15(21-12-19-11-20-21)5-4-10-23-14-8-6-13(18)7-9-14/h6-9,11-12,15-16,22H,4-5,10H2,1-3H3. The summed E-state index contributed by atoms with van der Waals surface area (Å²) in [6.45, 7) is 6.63. The van der Waals surface area contributed by atoms with Crippen molar-refractivity contribution in [2.75, 3.05) is 6.61 Å². The minimum atomic E-state index is -0.514. The van der Waals surface area contributed by atoms with Gasteiger partial charge in [0.15, 0.2) is 0 Å². The first-order chi connectivity index (χ1) is 10.9. The fraction of sp³-hybridized carbons (Fsp3) is 0.529. The van der Waals surface area contributed by atoms with Gasteiger partial charge in [-0.15, -0.1) is 0 Å². The fourth-order valence-electron chi connectivity index (χ4n) is 2.41. The molecule has 0 aliphatic heterocycles. The van der Waals surface area contributed by atoms with Crippen molar-refractivity contribution < 1.29 is 9.84 Å². The number of aliphatic hydroxyl groups excluding tert-OH is 1. The predicted molar refractivity (Wildman–Crippen MR) is 90.7 cm³/mol. The van der Waals surface area contributed by atoms with Gasteiger partial charge in [-0.3, -0.25) is 0 Å². The van der Waals surface area contributed by atoms with E-state index in [-0.39, 0.29) is 11.5 Å². The lowest BCUT2D eigenvalue weighted by Crippen LogP contribution is -2.36. The Morgan fingerprint density at radius 2 is 1.96 bits per heavy atom. The lowest BCUT2D eigenvalue weighted by Gasteiger charge is -2.33. The molecule has 2 atom stereocenters. The molecule has 6 heteroatoms. The molecule has 2 aromatic rings. The van der Waals surface area contributed by atoms with Crippen LogP contribution in [0.15, 0.2) is 36.9 Å². The second kappa shape index (κ2) is 7.79. The van der Waals surface area contributed by atoms with Gasteiger partial charge in [0.05, 0.1) is 18.8 Å². The summed E-state index contributed by atoms with van der Waals surface area (Å²) in [6, 6.07) is 7.19. The van der Waals surface area contributed by atoms with Gasteiger partial charge in [0.1, 0.15) is 18.4 Å². The van der Waals surface area contributed by atoms with E-state index in [1.165, 1.54) is 6.33 Å². The summed E-state index contributed by atoms with van der Waals surface area (Å²) in [6.07, 6.45) is 4.20. The Labute approximate surface area is 142 Å². The molecule has 0 aliphatic carbocycles. The number of hydrogen-bond donors (Lipinski definition) is 1. The summed E-state index contributed by atoms with van der Waals surface area (Å²) in [7, 11) is 0. The van der Waals surface area contributed by atoms with Crippen LogP contribution in [0.4, 0.5) is 0 Å². The minimum absolute atomic E-state index is 0.119. The van der Waals surface area contributed by atoms with Crippen molar-refractivity contribution in [2.24, 2.45) is 5.41 Å². The maximum absolute atomic E-state index is 10.6. The largest absolute Gasteiger partial charge is 0.494 e. The number of hydrogen-bond acceptors (Lipinski definition) is 4. The maximum atomic E-state index is 10.6. The molecule has 0 aliphatic rings. The molecule has 126 valence electrons. The van der Waals surface area contributed by atoms with E-state index < -0.39 is 6.10 Å². The van der Waals surface area contributed by atoms with Gasteiger partial charge in [0.25, 0.3) is 0 Å². The van der Waals surface area contributed by atoms with Gasteiger partial charge in [-0.25, -0.2) is 9.67 Å². The average Bonchev–Trinajstić information content (AvgIpc) is 3.01. The molecule has 0 amide bonds. The molecule has 0 spiro atoms. The van der Waals surface area contributed by atoms with Crippen LogP contribution in [0, 0.1) is 5.41 Å². The summed E-state index contributed by atoms with van der Waals surface area (Å²) in [4.78, 5) is 3.99. The third-order valence-electron chi connectivity index (χ3n) is 3.75. The van der Waals surface area contributed by atoms with E-state index in [1.807, 2.05) is 32.9 Å². The number of aromatic nitrogens is 3. The van der Waals surface area contributed by atoms with Crippen molar-refractivity contribution in [3.8, 4) is 5.75 Å². The summed E-state index contributed by atoms with van der Waals surface area (Å²) >= 11 is 5.85. The van der Waals surface area contributed by atoms with Gasteiger partial charge in [-0.05, 0) is 42.5 Å². The molecule has 0 radical (unpaired) electrons. The molecule has 0 saturated heterocycles. The number of halogens is 1. The van der Waals surface area contributed by atoms with E-state index >= 15 is 0 Å². The molecule has 1 aromatic carbocycles. The zero-order valence-corrected chi connectivity index (χ0v) is 14.6. The van der Waals surface area contributed by atoms with Crippen LogP contribution >= 0.6 is 11.6 Å². The van der Waals surface area contributed by atoms with Gasteiger partial charge < -0.3 is 9.84 Å². The minimum Gasteiger partial charge on any atom is -0.494 e. The quantitative estimate of drug-likeness (QED) is 0.782.